The Morgan fingerprint density at radius 2 is 2.45 bits per heavy atom. The molecule has 0 aliphatic rings. The van der Waals surface area contributed by atoms with Gasteiger partial charge in [-0.25, -0.2) is 0 Å². The molecule has 0 radical (unpaired) electrons. The van der Waals surface area contributed by atoms with Crippen molar-refractivity contribution in [1.29, 1.82) is 0 Å². The second kappa shape index (κ2) is 5.92. The number of amides is 1. The summed E-state index contributed by atoms with van der Waals surface area (Å²) in [6, 6.07) is -0.146. The van der Waals surface area contributed by atoms with Crippen molar-refractivity contribution in [3.63, 3.8) is 0 Å². The van der Waals surface area contributed by atoms with E-state index in [1.165, 1.54) is 0 Å². The minimum Gasteiger partial charge on any atom is -0.394 e. The molecule has 0 aliphatic carbocycles. The molecule has 0 bridgehead atoms. The van der Waals surface area contributed by atoms with Crippen molar-refractivity contribution in [2.75, 3.05) is 6.61 Å². The molecule has 11 heavy (non-hydrogen) atoms. The van der Waals surface area contributed by atoms with Crippen molar-refractivity contribution >= 4 is 5.91 Å². The van der Waals surface area contributed by atoms with Gasteiger partial charge >= 0.3 is 0 Å². The first-order chi connectivity index (χ1) is 5.20. The van der Waals surface area contributed by atoms with Gasteiger partial charge in [-0.1, -0.05) is 6.08 Å². The molecule has 2 N–H and O–H groups in total. The zero-order valence-electron chi connectivity index (χ0n) is 6.84. The summed E-state index contributed by atoms with van der Waals surface area (Å²) in [6.07, 6.45) is 2.83. The number of carbonyl (C=O) groups excluding carboxylic acids is 1. The fourth-order valence-corrected chi connectivity index (χ4v) is 0.626. The Morgan fingerprint density at radius 1 is 1.82 bits per heavy atom. The second-order valence-corrected chi connectivity index (χ2v) is 2.48. The maximum atomic E-state index is 10.9. The van der Waals surface area contributed by atoms with Crippen molar-refractivity contribution in [3.05, 3.63) is 12.7 Å². The van der Waals surface area contributed by atoms with E-state index in [0.717, 1.165) is 0 Å². The molecule has 0 aromatic rings. The zero-order valence-corrected chi connectivity index (χ0v) is 6.84. The first-order valence-electron chi connectivity index (χ1n) is 3.71. The molecule has 1 amide bonds. The number of rotatable bonds is 5. The van der Waals surface area contributed by atoms with Gasteiger partial charge in [0.05, 0.1) is 6.61 Å². The van der Waals surface area contributed by atoms with Crippen LogP contribution in [0.1, 0.15) is 19.8 Å². The van der Waals surface area contributed by atoms with Gasteiger partial charge in [0.25, 0.3) is 0 Å². The average Bonchev–Trinajstić information content (AvgIpc) is 2.00. The topological polar surface area (TPSA) is 49.3 Å². The lowest BCUT2D eigenvalue weighted by Crippen LogP contribution is -2.34. The Kier molecular flexibility index (Phi) is 5.47. The molecular formula is C8H15NO2. The van der Waals surface area contributed by atoms with E-state index in [-0.39, 0.29) is 18.6 Å². The molecule has 0 rings (SSSR count). The van der Waals surface area contributed by atoms with Gasteiger partial charge < -0.3 is 10.4 Å². The van der Waals surface area contributed by atoms with Crippen molar-refractivity contribution in [1.82, 2.24) is 5.32 Å². The van der Waals surface area contributed by atoms with E-state index in [4.69, 9.17) is 5.11 Å². The number of aliphatic hydroxyl groups is 1. The van der Waals surface area contributed by atoms with Crippen LogP contribution in [0.3, 0.4) is 0 Å². The number of allylic oxidation sites excluding steroid dienone is 1. The van der Waals surface area contributed by atoms with E-state index in [0.29, 0.717) is 12.8 Å². The van der Waals surface area contributed by atoms with Crippen LogP contribution < -0.4 is 5.32 Å². The van der Waals surface area contributed by atoms with Crippen LogP contribution in [0.15, 0.2) is 12.7 Å². The second-order valence-electron chi connectivity index (χ2n) is 2.48. The fourth-order valence-electron chi connectivity index (χ4n) is 0.626. The highest BCUT2D eigenvalue weighted by Gasteiger charge is 2.03. The lowest BCUT2D eigenvalue weighted by molar-refractivity contribution is -0.121. The minimum atomic E-state index is -0.146. The maximum absolute atomic E-state index is 10.9. The Labute approximate surface area is 67.1 Å². The lowest BCUT2D eigenvalue weighted by atomic mass is 10.2. The first kappa shape index (κ1) is 10.2. The van der Waals surface area contributed by atoms with Crippen LogP contribution in [0, 0.1) is 0 Å². The molecule has 0 fully saturated rings. The number of nitrogens with one attached hydrogen (secondary N) is 1. The Bertz CT molecular complexity index is 134. The van der Waals surface area contributed by atoms with Crippen LogP contribution in [0.2, 0.25) is 0 Å². The van der Waals surface area contributed by atoms with Gasteiger partial charge in [0.1, 0.15) is 0 Å². The summed E-state index contributed by atoms with van der Waals surface area (Å²) in [4.78, 5) is 10.9. The Balaban J connectivity index is 3.43. The maximum Gasteiger partial charge on any atom is 0.220 e. The quantitative estimate of drug-likeness (QED) is 0.569. The molecule has 64 valence electrons. The molecule has 0 saturated carbocycles. The van der Waals surface area contributed by atoms with Gasteiger partial charge in [-0.15, -0.1) is 6.58 Å². The molecular weight excluding hydrogens is 142 g/mol. The molecule has 0 aromatic heterocycles. The van der Waals surface area contributed by atoms with E-state index in [9.17, 15) is 4.79 Å². The summed E-state index contributed by atoms with van der Waals surface area (Å²) in [7, 11) is 0. The highest BCUT2D eigenvalue weighted by molar-refractivity contribution is 5.76. The molecule has 1 atom stereocenters. The van der Waals surface area contributed by atoms with Crippen molar-refractivity contribution in [3.8, 4) is 0 Å². The van der Waals surface area contributed by atoms with Crippen molar-refractivity contribution < 1.29 is 9.90 Å². The van der Waals surface area contributed by atoms with Crippen LogP contribution in [0.5, 0.6) is 0 Å². The van der Waals surface area contributed by atoms with E-state index < -0.39 is 0 Å². The van der Waals surface area contributed by atoms with Gasteiger partial charge in [-0.3, -0.25) is 4.79 Å². The van der Waals surface area contributed by atoms with Crippen LogP contribution in [0.25, 0.3) is 0 Å². The first-order valence-corrected chi connectivity index (χ1v) is 3.71. The number of aliphatic hydroxyl groups excluding tert-OH is 1. The third-order valence-corrected chi connectivity index (χ3v) is 1.26. The summed E-state index contributed by atoms with van der Waals surface area (Å²) in [5, 5.41) is 11.2. The Morgan fingerprint density at radius 3 is 2.91 bits per heavy atom. The molecule has 0 saturated heterocycles. The lowest BCUT2D eigenvalue weighted by Gasteiger charge is -2.09. The fraction of sp³-hybridized carbons (Fsp3) is 0.625. The van der Waals surface area contributed by atoms with Crippen LogP contribution in [0.4, 0.5) is 0 Å². The number of carbonyl (C=O) groups is 1. The van der Waals surface area contributed by atoms with Crippen LogP contribution in [-0.4, -0.2) is 23.7 Å². The number of hydrogen-bond acceptors (Lipinski definition) is 2. The molecule has 3 heteroatoms. The molecule has 0 unspecified atom stereocenters. The van der Waals surface area contributed by atoms with E-state index in [2.05, 4.69) is 11.9 Å². The van der Waals surface area contributed by atoms with E-state index in [1.54, 1.807) is 13.0 Å². The monoisotopic (exact) mass is 157 g/mol. The predicted octanol–water partition coefficient (Wildman–Crippen LogP) is 0.450. The molecule has 0 spiro atoms. The molecule has 3 nitrogen and oxygen atoms in total. The summed E-state index contributed by atoms with van der Waals surface area (Å²) in [5.74, 6) is -0.0357. The third-order valence-electron chi connectivity index (χ3n) is 1.26. The highest BCUT2D eigenvalue weighted by Crippen LogP contribution is 1.90. The summed E-state index contributed by atoms with van der Waals surface area (Å²) < 4.78 is 0. The molecule has 0 heterocycles. The van der Waals surface area contributed by atoms with Gasteiger partial charge in [-0.05, 0) is 13.3 Å². The summed E-state index contributed by atoms with van der Waals surface area (Å²) >= 11 is 0. The van der Waals surface area contributed by atoms with Gasteiger partial charge in [0, 0.05) is 12.5 Å². The standard InChI is InChI=1S/C8H15NO2/c1-3-4-5-8(11)9-7(2)6-10/h3,7,10H,1,4-6H2,2H3,(H,9,11)/t7-/m0/s1. The number of hydrogen-bond donors (Lipinski definition) is 2. The molecule has 0 aliphatic heterocycles. The largest absolute Gasteiger partial charge is 0.394 e. The van der Waals surface area contributed by atoms with Crippen LogP contribution in [-0.2, 0) is 4.79 Å². The predicted molar refractivity (Wildman–Crippen MR) is 44.1 cm³/mol. The van der Waals surface area contributed by atoms with E-state index >= 15 is 0 Å². The van der Waals surface area contributed by atoms with Crippen LogP contribution >= 0.6 is 0 Å². The summed E-state index contributed by atoms with van der Waals surface area (Å²) in [6.45, 7) is 5.24. The highest BCUT2D eigenvalue weighted by atomic mass is 16.3. The Hall–Kier alpha value is -0.830. The van der Waals surface area contributed by atoms with Crippen molar-refractivity contribution in [2.45, 2.75) is 25.8 Å². The SMILES string of the molecule is C=CCCC(=O)N[C@@H](C)CO. The smallest absolute Gasteiger partial charge is 0.220 e. The zero-order chi connectivity index (χ0) is 8.69. The molecule has 0 aromatic carbocycles. The van der Waals surface area contributed by atoms with Crippen molar-refractivity contribution in [2.24, 2.45) is 0 Å². The average molecular weight is 157 g/mol. The van der Waals surface area contributed by atoms with Gasteiger partial charge in [-0.2, -0.15) is 0 Å². The van der Waals surface area contributed by atoms with Gasteiger partial charge in [0.2, 0.25) is 5.91 Å². The van der Waals surface area contributed by atoms with Gasteiger partial charge in [0.15, 0.2) is 0 Å². The minimum absolute atomic E-state index is 0.0141. The summed E-state index contributed by atoms with van der Waals surface area (Å²) in [5.41, 5.74) is 0. The third kappa shape index (κ3) is 5.61. The van der Waals surface area contributed by atoms with E-state index in [1.807, 2.05) is 0 Å². The normalized spacial score (nSPS) is 12.2.